The highest BCUT2D eigenvalue weighted by molar-refractivity contribution is 4.49. The Morgan fingerprint density at radius 2 is 0.645 bits per heavy atom. The lowest BCUT2D eigenvalue weighted by Crippen LogP contribution is -2.13. The zero-order chi connectivity index (χ0) is 22.5. The highest BCUT2D eigenvalue weighted by atomic mass is 19.1. The number of ether oxygens (including phenoxy) is 5. The predicted molar refractivity (Wildman–Crippen MR) is 126 cm³/mol. The molecule has 0 heterocycles. The molecule has 0 aromatic heterocycles. The van der Waals surface area contributed by atoms with E-state index >= 15 is 0 Å². The Morgan fingerprint density at radius 1 is 0.355 bits per heavy atom. The Bertz CT molecular complexity index is 280. The minimum absolute atomic E-state index is 0.139. The fourth-order valence-corrected chi connectivity index (χ4v) is 3.26. The van der Waals surface area contributed by atoms with E-state index in [-0.39, 0.29) is 6.61 Å². The van der Waals surface area contributed by atoms with Crippen molar-refractivity contribution in [3.8, 4) is 0 Å². The molecule has 0 saturated heterocycles. The Balaban J connectivity index is 2.98. The van der Waals surface area contributed by atoms with Gasteiger partial charge in [-0.3, -0.25) is 0 Å². The lowest BCUT2D eigenvalue weighted by molar-refractivity contribution is -0.0119. The molecule has 0 N–H and O–H groups in total. The van der Waals surface area contributed by atoms with E-state index in [2.05, 4.69) is 6.92 Å². The summed E-state index contributed by atoms with van der Waals surface area (Å²) in [5.74, 6) is 0. The third-order valence-corrected chi connectivity index (χ3v) is 5.10. The van der Waals surface area contributed by atoms with Crippen LogP contribution in [-0.4, -0.2) is 72.7 Å². The van der Waals surface area contributed by atoms with Crippen molar-refractivity contribution < 1.29 is 28.1 Å². The van der Waals surface area contributed by atoms with Crippen molar-refractivity contribution in [3.05, 3.63) is 0 Å². The van der Waals surface area contributed by atoms with Gasteiger partial charge in [0.1, 0.15) is 6.67 Å². The van der Waals surface area contributed by atoms with E-state index < -0.39 is 6.67 Å². The second-order valence-electron chi connectivity index (χ2n) is 7.99. The van der Waals surface area contributed by atoms with Crippen molar-refractivity contribution in [2.45, 2.75) is 90.4 Å². The van der Waals surface area contributed by atoms with Crippen molar-refractivity contribution in [3.63, 3.8) is 0 Å². The number of unbranched alkanes of at least 4 members (excludes halogenated alkanes) is 12. The first-order chi connectivity index (χ1) is 15.4. The molecule has 0 aliphatic carbocycles. The molecule has 0 aromatic rings. The van der Waals surface area contributed by atoms with E-state index in [4.69, 9.17) is 23.7 Å². The second-order valence-corrected chi connectivity index (χ2v) is 7.99. The van der Waals surface area contributed by atoms with Crippen LogP contribution in [-0.2, 0) is 23.7 Å². The molecule has 0 bridgehead atoms. The van der Waals surface area contributed by atoms with Crippen molar-refractivity contribution in [2.75, 3.05) is 72.7 Å². The van der Waals surface area contributed by atoms with Gasteiger partial charge in [0.2, 0.25) is 0 Å². The zero-order valence-corrected chi connectivity index (χ0v) is 20.4. The summed E-state index contributed by atoms with van der Waals surface area (Å²) in [5, 5.41) is 0. The van der Waals surface area contributed by atoms with Crippen LogP contribution >= 0.6 is 0 Å². The third kappa shape index (κ3) is 29.7. The SMILES string of the molecule is CCCCCCCCCCCCCCCOCCOCCOCCOCCOCCF. The van der Waals surface area contributed by atoms with Crippen molar-refractivity contribution in [2.24, 2.45) is 0 Å². The van der Waals surface area contributed by atoms with Gasteiger partial charge in [0, 0.05) is 6.61 Å². The molecular weight excluding hydrogens is 399 g/mol. The highest BCUT2D eigenvalue weighted by Crippen LogP contribution is 2.12. The molecule has 31 heavy (non-hydrogen) atoms. The molecule has 0 radical (unpaired) electrons. The van der Waals surface area contributed by atoms with Crippen molar-refractivity contribution >= 4 is 0 Å². The number of halogens is 1. The van der Waals surface area contributed by atoms with Gasteiger partial charge in [-0.2, -0.15) is 0 Å². The minimum atomic E-state index is -0.451. The Kier molecular flexibility index (Phi) is 29.5. The number of rotatable bonds is 28. The molecule has 0 unspecified atom stereocenters. The molecule has 0 saturated carbocycles. The van der Waals surface area contributed by atoms with Crippen LogP contribution in [0.5, 0.6) is 0 Å². The van der Waals surface area contributed by atoms with Gasteiger partial charge < -0.3 is 23.7 Å². The normalized spacial score (nSPS) is 11.4. The number of alkyl halides is 1. The summed E-state index contributed by atoms with van der Waals surface area (Å²) in [5.41, 5.74) is 0. The number of hydrogen-bond acceptors (Lipinski definition) is 5. The lowest BCUT2D eigenvalue weighted by Gasteiger charge is -2.08. The second kappa shape index (κ2) is 29.7. The van der Waals surface area contributed by atoms with Gasteiger partial charge in [-0.05, 0) is 6.42 Å². The van der Waals surface area contributed by atoms with Crippen LogP contribution in [0.15, 0.2) is 0 Å². The van der Waals surface area contributed by atoms with Gasteiger partial charge in [-0.25, -0.2) is 4.39 Å². The molecule has 188 valence electrons. The molecule has 0 fully saturated rings. The van der Waals surface area contributed by atoms with Crippen LogP contribution in [0.2, 0.25) is 0 Å². The summed E-state index contributed by atoms with van der Waals surface area (Å²) in [7, 11) is 0. The van der Waals surface area contributed by atoms with E-state index in [1.54, 1.807) is 0 Å². The summed E-state index contributed by atoms with van der Waals surface area (Å²) in [4.78, 5) is 0. The summed E-state index contributed by atoms with van der Waals surface area (Å²) in [6.45, 7) is 7.13. The Labute approximate surface area is 191 Å². The predicted octanol–water partition coefficient (Wildman–Crippen LogP) is 6.13. The van der Waals surface area contributed by atoms with E-state index in [0.717, 1.165) is 13.0 Å². The molecule has 6 heteroatoms. The summed E-state index contributed by atoms with van der Waals surface area (Å²) < 4.78 is 38.5. The van der Waals surface area contributed by atoms with Crippen molar-refractivity contribution in [1.82, 2.24) is 0 Å². The van der Waals surface area contributed by atoms with E-state index in [1.807, 2.05) is 0 Å². The smallest absolute Gasteiger partial charge is 0.113 e. The molecular formula is C25H51FO5. The standard InChI is InChI=1S/C25H51FO5/c1-2-3-4-5-6-7-8-9-10-11-12-13-14-16-27-18-20-29-22-24-31-25-23-30-21-19-28-17-15-26/h2-25H2,1H3. The monoisotopic (exact) mass is 450 g/mol. The quantitative estimate of drug-likeness (QED) is 0.134. The van der Waals surface area contributed by atoms with Gasteiger partial charge in [0.15, 0.2) is 0 Å². The first-order valence-corrected chi connectivity index (χ1v) is 12.9. The maximum Gasteiger partial charge on any atom is 0.113 e. The average Bonchev–Trinajstić information content (AvgIpc) is 2.78. The zero-order valence-electron chi connectivity index (χ0n) is 20.4. The summed E-state index contributed by atoms with van der Waals surface area (Å²) in [6, 6.07) is 0. The van der Waals surface area contributed by atoms with Gasteiger partial charge >= 0.3 is 0 Å². The van der Waals surface area contributed by atoms with Gasteiger partial charge in [0.05, 0.1) is 59.5 Å². The summed E-state index contributed by atoms with van der Waals surface area (Å²) in [6.07, 6.45) is 17.8. The first kappa shape index (κ1) is 30.7. The van der Waals surface area contributed by atoms with E-state index in [1.165, 1.54) is 77.0 Å². The third-order valence-electron chi connectivity index (χ3n) is 5.10. The lowest BCUT2D eigenvalue weighted by atomic mass is 10.0. The van der Waals surface area contributed by atoms with Crippen molar-refractivity contribution in [1.29, 1.82) is 0 Å². The fourth-order valence-electron chi connectivity index (χ4n) is 3.26. The maximum atomic E-state index is 11.8. The molecule has 0 rings (SSSR count). The van der Waals surface area contributed by atoms with Crippen LogP contribution < -0.4 is 0 Å². The molecule has 0 aliphatic heterocycles. The Morgan fingerprint density at radius 3 is 1.00 bits per heavy atom. The van der Waals surface area contributed by atoms with Gasteiger partial charge in [0.25, 0.3) is 0 Å². The van der Waals surface area contributed by atoms with Crippen LogP contribution in [0, 0.1) is 0 Å². The molecule has 0 amide bonds. The highest BCUT2D eigenvalue weighted by Gasteiger charge is 1.96. The molecule has 0 atom stereocenters. The van der Waals surface area contributed by atoms with Crippen LogP contribution in [0.1, 0.15) is 90.4 Å². The molecule has 0 spiro atoms. The van der Waals surface area contributed by atoms with Crippen LogP contribution in [0.25, 0.3) is 0 Å². The largest absolute Gasteiger partial charge is 0.379 e. The topological polar surface area (TPSA) is 46.2 Å². The molecule has 5 nitrogen and oxygen atoms in total. The van der Waals surface area contributed by atoms with E-state index in [9.17, 15) is 4.39 Å². The van der Waals surface area contributed by atoms with Gasteiger partial charge in [-0.15, -0.1) is 0 Å². The number of hydrogen-bond donors (Lipinski definition) is 0. The maximum absolute atomic E-state index is 11.8. The fraction of sp³-hybridized carbons (Fsp3) is 1.00. The molecule has 0 aromatic carbocycles. The average molecular weight is 451 g/mol. The van der Waals surface area contributed by atoms with Crippen LogP contribution in [0.3, 0.4) is 0 Å². The van der Waals surface area contributed by atoms with Gasteiger partial charge in [-0.1, -0.05) is 84.0 Å². The first-order valence-electron chi connectivity index (χ1n) is 12.9. The van der Waals surface area contributed by atoms with E-state index in [0.29, 0.717) is 52.9 Å². The van der Waals surface area contributed by atoms with Crippen LogP contribution in [0.4, 0.5) is 4.39 Å². The Hall–Kier alpha value is -0.270. The minimum Gasteiger partial charge on any atom is -0.379 e. The summed E-state index contributed by atoms with van der Waals surface area (Å²) >= 11 is 0. The molecule has 0 aliphatic rings.